The van der Waals surface area contributed by atoms with Gasteiger partial charge in [-0.3, -0.25) is 0 Å². The largest absolute Gasteiger partial charge is 0.497 e. The summed E-state index contributed by atoms with van der Waals surface area (Å²) in [6, 6.07) is 8.91. The van der Waals surface area contributed by atoms with Gasteiger partial charge in [0.2, 0.25) is 0 Å². The molecule has 0 aliphatic rings. The molecule has 0 aliphatic heterocycles. The molecular formula is C15H13NO5S. The zero-order valence-corrected chi connectivity index (χ0v) is 12.4. The van der Waals surface area contributed by atoms with E-state index >= 15 is 0 Å². The van der Waals surface area contributed by atoms with Crippen molar-refractivity contribution in [2.24, 2.45) is 0 Å². The summed E-state index contributed by atoms with van der Waals surface area (Å²) in [4.78, 5) is 23.2. The fraction of sp³-hybridized carbons (Fsp3) is 0.0667. The van der Waals surface area contributed by atoms with E-state index in [4.69, 9.17) is 15.6 Å². The highest BCUT2D eigenvalue weighted by molar-refractivity contribution is 7.99. The molecule has 0 fully saturated rings. The van der Waals surface area contributed by atoms with Crippen molar-refractivity contribution in [3.8, 4) is 5.75 Å². The molecule has 114 valence electrons. The maximum Gasteiger partial charge on any atom is 0.336 e. The molecule has 0 radical (unpaired) electrons. The highest BCUT2D eigenvalue weighted by Gasteiger charge is 2.14. The van der Waals surface area contributed by atoms with Gasteiger partial charge >= 0.3 is 11.9 Å². The second kappa shape index (κ2) is 6.40. The van der Waals surface area contributed by atoms with Crippen molar-refractivity contribution in [1.29, 1.82) is 0 Å². The molecular weight excluding hydrogens is 306 g/mol. The fourth-order valence-corrected chi connectivity index (χ4v) is 2.77. The maximum absolute atomic E-state index is 11.3. The molecule has 0 bridgehead atoms. The van der Waals surface area contributed by atoms with Crippen LogP contribution in [0.5, 0.6) is 5.75 Å². The topological polar surface area (TPSA) is 110 Å². The summed E-state index contributed by atoms with van der Waals surface area (Å²) in [7, 11) is 1.49. The molecule has 2 aromatic rings. The first kappa shape index (κ1) is 15.7. The molecule has 4 N–H and O–H groups in total. The SMILES string of the molecule is COc1ccc(C(=O)O)c(Sc2ccc(C(=O)O)cc2N)c1. The summed E-state index contributed by atoms with van der Waals surface area (Å²) in [6.45, 7) is 0. The Balaban J connectivity index is 2.41. The van der Waals surface area contributed by atoms with Crippen LogP contribution in [0.2, 0.25) is 0 Å². The number of ether oxygens (including phenoxy) is 1. The van der Waals surface area contributed by atoms with Crippen molar-refractivity contribution in [1.82, 2.24) is 0 Å². The third-order valence-corrected chi connectivity index (χ3v) is 4.05. The Kier molecular flexibility index (Phi) is 4.57. The van der Waals surface area contributed by atoms with Gasteiger partial charge in [0, 0.05) is 15.5 Å². The van der Waals surface area contributed by atoms with Crippen LogP contribution in [-0.2, 0) is 0 Å². The molecule has 0 saturated carbocycles. The summed E-state index contributed by atoms with van der Waals surface area (Å²) in [5, 5.41) is 18.1. The molecule has 7 heteroatoms. The van der Waals surface area contributed by atoms with Crippen LogP contribution >= 0.6 is 11.8 Å². The van der Waals surface area contributed by atoms with Crippen LogP contribution in [0.25, 0.3) is 0 Å². The molecule has 0 aliphatic carbocycles. The quantitative estimate of drug-likeness (QED) is 0.727. The van der Waals surface area contributed by atoms with Crippen LogP contribution in [-0.4, -0.2) is 29.3 Å². The first-order chi connectivity index (χ1) is 10.4. The summed E-state index contributed by atoms with van der Waals surface area (Å²) in [5.41, 5.74) is 6.30. The molecule has 0 heterocycles. The molecule has 2 aromatic carbocycles. The number of carboxylic acid groups (broad SMARTS) is 2. The number of nitrogen functional groups attached to an aromatic ring is 1. The van der Waals surface area contributed by atoms with E-state index in [1.807, 2.05) is 0 Å². The second-order valence-corrected chi connectivity index (χ2v) is 5.41. The van der Waals surface area contributed by atoms with E-state index in [0.717, 1.165) is 11.8 Å². The van der Waals surface area contributed by atoms with Gasteiger partial charge in [0.25, 0.3) is 0 Å². The number of hydrogen-bond acceptors (Lipinski definition) is 5. The Labute approximate surface area is 130 Å². The fourth-order valence-electron chi connectivity index (χ4n) is 1.78. The van der Waals surface area contributed by atoms with Gasteiger partial charge in [0.05, 0.1) is 18.2 Å². The van der Waals surface area contributed by atoms with Crippen LogP contribution < -0.4 is 10.5 Å². The van der Waals surface area contributed by atoms with E-state index in [0.29, 0.717) is 15.5 Å². The lowest BCUT2D eigenvalue weighted by atomic mass is 10.2. The minimum atomic E-state index is -1.07. The Morgan fingerprint density at radius 2 is 1.77 bits per heavy atom. The van der Waals surface area contributed by atoms with Crippen molar-refractivity contribution in [3.63, 3.8) is 0 Å². The van der Waals surface area contributed by atoms with Crippen molar-refractivity contribution < 1.29 is 24.5 Å². The van der Waals surface area contributed by atoms with Gasteiger partial charge in [-0.15, -0.1) is 0 Å². The van der Waals surface area contributed by atoms with E-state index in [9.17, 15) is 14.7 Å². The number of methoxy groups -OCH3 is 1. The van der Waals surface area contributed by atoms with Gasteiger partial charge in [0.1, 0.15) is 5.75 Å². The first-order valence-corrected chi connectivity index (χ1v) is 6.96. The number of rotatable bonds is 5. The molecule has 0 amide bonds. The highest BCUT2D eigenvalue weighted by Crippen LogP contribution is 2.36. The number of hydrogen-bond donors (Lipinski definition) is 3. The minimum Gasteiger partial charge on any atom is -0.497 e. The van der Waals surface area contributed by atoms with Crippen LogP contribution in [0.1, 0.15) is 20.7 Å². The predicted molar refractivity (Wildman–Crippen MR) is 81.9 cm³/mol. The lowest BCUT2D eigenvalue weighted by Gasteiger charge is -2.10. The number of nitrogens with two attached hydrogens (primary N) is 1. The number of aromatic carboxylic acids is 2. The van der Waals surface area contributed by atoms with Crippen molar-refractivity contribution >= 4 is 29.4 Å². The van der Waals surface area contributed by atoms with Gasteiger partial charge in [-0.2, -0.15) is 0 Å². The van der Waals surface area contributed by atoms with Crippen LogP contribution in [0.4, 0.5) is 5.69 Å². The third-order valence-electron chi connectivity index (χ3n) is 2.90. The first-order valence-electron chi connectivity index (χ1n) is 6.14. The molecule has 0 atom stereocenters. The summed E-state index contributed by atoms with van der Waals surface area (Å²) in [5.74, 6) is -1.62. The van der Waals surface area contributed by atoms with Gasteiger partial charge in [0.15, 0.2) is 0 Å². The second-order valence-electron chi connectivity index (χ2n) is 4.33. The Hall–Kier alpha value is -2.67. The maximum atomic E-state index is 11.3. The molecule has 0 spiro atoms. The van der Waals surface area contributed by atoms with Crippen molar-refractivity contribution in [2.45, 2.75) is 9.79 Å². The molecule has 0 aromatic heterocycles. The van der Waals surface area contributed by atoms with Crippen molar-refractivity contribution in [2.75, 3.05) is 12.8 Å². The Bertz CT molecular complexity index is 745. The number of carbonyl (C=O) groups is 2. The minimum absolute atomic E-state index is 0.0750. The molecule has 6 nitrogen and oxygen atoms in total. The van der Waals surface area contributed by atoms with E-state index in [-0.39, 0.29) is 16.8 Å². The van der Waals surface area contributed by atoms with Crippen LogP contribution in [0.3, 0.4) is 0 Å². The zero-order chi connectivity index (χ0) is 16.3. The summed E-state index contributed by atoms with van der Waals surface area (Å²) < 4.78 is 5.09. The lowest BCUT2D eigenvalue weighted by molar-refractivity contribution is 0.0684. The average Bonchev–Trinajstić information content (AvgIpc) is 2.48. The normalized spacial score (nSPS) is 10.2. The van der Waals surface area contributed by atoms with Gasteiger partial charge < -0.3 is 20.7 Å². The van der Waals surface area contributed by atoms with E-state index in [2.05, 4.69) is 0 Å². The molecule has 0 saturated heterocycles. The van der Waals surface area contributed by atoms with Gasteiger partial charge in [-0.1, -0.05) is 11.8 Å². The van der Waals surface area contributed by atoms with Crippen LogP contribution in [0.15, 0.2) is 46.2 Å². The van der Waals surface area contributed by atoms with Gasteiger partial charge in [-0.05, 0) is 36.4 Å². The molecule has 22 heavy (non-hydrogen) atoms. The van der Waals surface area contributed by atoms with E-state index in [1.165, 1.54) is 25.3 Å². The summed E-state index contributed by atoms with van der Waals surface area (Å²) in [6.07, 6.45) is 0. The Morgan fingerprint density at radius 1 is 1.05 bits per heavy atom. The number of benzene rings is 2. The predicted octanol–water partition coefficient (Wildman–Crippen LogP) is 2.83. The third kappa shape index (κ3) is 3.32. The molecule has 2 rings (SSSR count). The molecule has 0 unspecified atom stereocenters. The average molecular weight is 319 g/mol. The monoisotopic (exact) mass is 319 g/mol. The van der Waals surface area contributed by atoms with Gasteiger partial charge in [-0.25, -0.2) is 9.59 Å². The number of carboxylic acids is 2. The lowest BCUT2D eigenvalue weighted by Crippen LogP contribution is -2.01. The van der Waals surface area contributed by atoms with Crippen molar-refractivity contribution in [3.05, 3.63) is 47.5 Å². The van der Waals surface area contributed by atoms with E-state index in [1.54, 1.807) is 18.2 Å². The smallest absolute Gasteiger partial charge is 0.336 e. The highest BCUT2D eigenvalue weighted by atomic mass is 32.2. The number of anilines is 1. The van der Waals surface area contributed by atoms with Crippen LogP contribution in [0, 0.1) is 0 Å². The summed E-state index contributed by atoms with van der Waals surface area (Å²) >= 11 is 1.14. The standard InChI is InChI=1S/C15H13NO5S/c1-21-9-3-4-10(15(19)20)13(7-9)22-12-5-2-8(14(17)18)6-11(12)16/h2-7H,16H2,1H3,(H,17,18)(H,19,20). The zero-order valence-electron chi connectivity index (χ0n) is 11.6. The Morgan fingerprint density at radius 3 is 2.32 bits per heavy atom. The van der Waals surface area contributed by atoms with E-state index < -0.39 is 11.9 Å².